The lowest BCUT2D eigenvalue weighted by atomic mass is 10.2. The molecule has 1 aromatic carbocycles. The first-order valence-electron chi connectivity index (χ1n) is 5.54. The first-order valence-corrected chi connectivity index (χ1v) is 5.54. The van der Waals surface area contributed by atoms with E-state index < -0.39 is 5.97 Å². The average molecular weight is 235 g/mol. The van der Waals surface area contributed by atoms with Crippen molar-refractivity contribution in [2.45, 2.75) is 20.3 Å². The predicted octanol–water partition coefficient (Wildman–Crippen LogP) is 1.63. The summed E-state index contributed by atoms with van der Waals surface area (Å²) in [6.45, 7) is 3.43. The second-order valence-electron chi connectivity index (χ2n) is 3.85. The van der Waals surface area contributed by atoms with Gasteiger partial charge < -0.3 is 9.64 Å². The minimum absolute atomic E-state index is 0.0368. The number of hydrogen-bond acceptors (Lipinski definition) is 3. The normalized spacial score (nSPS) is 9.82. The first-order chi connectivity index (χ1) is 8.02. The number of ether oxygens (including phenoxy) is 1. The minimum Gasteiger partial charge on any atom is -0.425 e. The molecule has 0 aliphatic rings. The molecule has 4 nitrogen and oxygen atoms in total. The molecule has 0 atom stereocenters. The molecule has 1 aromatic rings. The van der Waals surface area contributed by atoms with Gasteiger partial charge in [0.25, 0.3) is 0 Å². The van der Waals surface area contributed by atoms with E-state index in [9.17, 15) is 9.59 Å². The van der Waals surface area contributed by atoms with Crippen molar-refractivity contribution in [1.29, 1.82) is 0 Å². The van der Waals surface area contributed by atoms with E-state index in [1.807, 2.05) is 12.1 Å². The van der Waals surface area contributed by atoms with E-state index in [1.165, 1.54) is 17.4 Å². The van der Waals surface area contributed by atoms with Crippen molar-refractivity contribution >= 4 is 11.9 Å². The van der Waals surface area contributed by atoms with Crippen LogP contribution in [0.2, 0.25) is 0 Å². The van der Waals surface area contributed by atoms with Crippen LogP contribution in [-0.2, 0) is 16.0 Å². The molecule has 0 radical (unpaired) electrons. The first kappa shape index (κ1) is 13.2. The molecular formula is C13H17NO3. The highest BCUT2D eigenvalue weighted by atomic mass is 16.5. The Balaban J connectivity index is 2.53. The van der Waals surface area contributed by atoms with Crippen molar-refractivity contribution in [2.24, 2.45) is 0 Å². The number of rotatable bonds is 4. The van der Waals surface area contributed by atoms with Crippen LogP contribution in [-0.4, -0.2) is 30.4 Å². The van der Waals surface area contributed by atoms with Gasteiger partial charge in [0.05, 0.1) is 0 Å². The van der Waals surface area contributed by atoms with E-state index in [-0.39, 0.29) is 12.5 Å². The van der Waals surface area contributed by atoms with Crippen molar-refractivity contribution < 1.29 is 14.3 Å². The third kappa shape index (κ3) is 4.26. The van der Waals surface area contributed by atoms with Gasteiger partial charge in [-0.15, -0.1) is 0 Å². The SMILES string of the molecule is CCc1ccc(OC(=O)CN(C)C(C)=O)cc1. The molecule has 0 aliphatic carbocycles. The van der Waals surface area contributed by atoms with Crippen LogP contribution in [0.4, 0.5) is 0 Å². The summed E-state index contributed by atoms with van der Waals surface area (Å²) in [5.74, 6) is -0.0978. The zero-order valence-electron chi connectivity index (χ0n) is 10.4. The van der Waals surface area contributed by atoms with Gasteiger partial charge in [-0.2, -0.15) is 0 Å². The lowest BCUT2D eigenvalue weighted by Crippen LogP contribution is -2.32. The van der Waals surface area contributed by atoms with Crippen LogP contribution in [0.5, 0.6) is 5.75 Å². The Bertz CT molecular complexity index is 398. The minimum atomic E-state index is -0.438. The number of aryl methyl sites for hydroxylation is 1. The van der Waals surface area contributed by atoms with Crippen LogP contribution in [0.3, 0.4) is 0 Å². The highest BCUT2D eigenvalue weighted by Gasteiger charge is 2.10. The molecule has 0 unspecified atom stereocenters. The Morgan fingerprint density at radius 3 is 2.29 bits per heavy atom. The van der Waals surface area contributed by atoms with Crippen molar-refractivity contribution in [1.82, 2.24) is 4.90 Å². The highest BCUT2D eigenvalue weighted by Crippen LogP contribution is 2.12. The maximum atomic E-state index is 11.5. The molecule has 0 saturated heterocycles. The van der Waals surface area contributed by atoms with E-state index >= 15 is 0 Å². The number of nitrogens with zero attached hydrogens (tertiary/aromatic N) is 1. The molecule has 0 aromatic heterocycles. The summed E-state index contributed by atoms with van der Waals surface area (Å²) >= 11 is 0. The van der Waals surface area contributed by atoms with E-state index in [1.54, 1.807) is 19.2 Å². The largest absolute Gasteiger partial charge is 0.425 e. The van der Waals surface area contributed by atoms with Crippen molar-refractivity contribution in [3.63, 3.8) is 0 Å². The predicted molar refractivity (Wildman–Crippen MR) is 64.8 cm³/mol. The number of hydrogen-bond donors (Lipinski definition) is 0. The molecule has 0 heterocycles. The molecule has 0 aliphatic heterocycles. The number of carbonyl (C=O) groups excluding carboxylic acids is 2. The fourth-order valence-electron chi connectivity index (χ4n) is 1.26. The second kappa shape index (κ2) is 6.03. The van der Waals surface area contributed by atoms with Crippen LogP contribution >= 0.6 is 0 Å². The number of amides is 1. The molecular weight excluding hydrogens is 218 g/mol. The Hall–Kier alpha value is -1.84. The zero-order chi connectivity index (χ0) is 12.8. The quantitative estimate of drug-likeness (QED) is 0.588. The molecule has 0 spiro atoms. The number of benzene rings is 1. The lowest BCUT2D eigenvalue weighted by Gasteiger charge is -2.13. The van der Waals surface area contributed by atoms with Crippen LogP contribution in [0, 0.1) is 0 Å². The number of esters is 1. The number of likely N-dealkylation sites (N-methyl/N-ethyl adjacent to an activating group) is 1. The third-order valence-electron chi connectivity index (χ3n) is 2.47. The molecule has 1 rings (SSSR count). The van der Waals surface area contributed by atoms with Crippen LogP contribution in [0.15, 0.2) is 24.3 Å². The van der Waals surface area contributed by atoms with E-state index in [4.69, 9.17) is 4.74 Å². The lowest BCUT2D eigenvalue weighted by molar-refractivity contribution is -0.140. The van der Waals surface area contributed by atoms with Gasteiger partial charge in [-0.25, -0.2) is 4.79 Å². The standard InChI is InChI=1S/C13H17NO3/c1-4-11-5-7-12(8-6-11)17-13(16)9-14(3)10(2)15/h5-8H,4,9H2,1-3H3. The summed E-state index contributed by atoms with van der Waals surface area (Å²) in [7, 11) is 1.56. The summed E-state index contributed by atoms with van der Waals surface area (Å²) in [5, 5.41) is 0. The summed E-state index contributed by atoms with van der Waals surface area (Å²) in [5.41, 5.74) is 1.19. The fraction of sp³-hybridized carbons (Fsp3) is 0.385. The summed E-state index contributed by atoms with van der Waals surface area (Å²) in [6, 6.07) is 7.34. The molecule has 92 valence electrons. The Kier molecular flexibility index (Phi) is 4.69. The maximum absolute atomic E-state index is 11.5. The van der Waals surface area contributed by atoms with Crippen molar-refractivity contribution in [3.8, 4) is 5.75 Å². The smallest absolute Gasteiger partial charge is 0.331 e. The summed E-state index contributed by atoms with van der Waals surface area (Å²) < 4.78 is 5.10. The van der Waals surface area contributed by atoms with Crippen molar-refractivity contribution in [3.05, 3.63) is 29.8 Å². The highest BCUT2D eigenvalue weighted by molar-refractivity contribution is 5.81. The van der Waals surface area contributed by atoms with Crippen LogP contribution in [0.1, 0.15) is 19.4 Å². The molecule has 0 bridgehead atoms. The molecule has 0 saturated carbocycles. The van der Waals surface area contributed by atoms with Gasteiger partial charge in [0.1, 0.15) is 12.3 Å². The Morgan fingerprint density at radius 1 is 1.24 bits per heavy atom. The third-order valence-corrected chi connectivity index (χ3v) is 2.47. The molecule has 0 N–H and O–H groups in total. The Labute approximate surface area is 101 Å². The Morgan fingerprint density at radius 2 is 1.82 bits per heavy atom. The van der Waals surface area contributed by atoms with Crippen LogP contribution < -0.4 is 4.74 Å². The van der Waals surface area contributed by atoms with Gasteiger partial charge in [0, 0.05) is 14.0 Å². The monoisotopic (exact) mass is 235 g/mol. The molecule has 1 amide bonds. The zero-order valence-corrected chi connectivity index (χ0v) is 10.4. The van der Waals surface area contributed by atoms with Crippen molar-refractivity contribution in [2.75, 3.05) is 13.6 Å². The van der Waals surface area contributed by atoms with E-state index in [0.29, 0.717) is 5.75 Å². The average Bonchev–Trinajstić information content (AvgIpc) is 2.29. The molecule has 0 fully saturated rings. The van der Waals surface area contributed by atoms with Gasteiger partial charge in [0.15, 0.2) is 0 Å². The molecule has 17 heavy (non-hydrogen) atoms. The topological polar surface area (TPSA) is 46.6 Å². The maximum Gasteiger partial charge on any atom is 0.331 e. The van der Waals surface area contributed by atoms with Gasteiger partial charge in [-0.1, -0.05) is 19.1 Å². The summed E-state index contributed by atoms with van der Waals surface area (Å²) in [6.07, 6.45) is 0.946. The summed E-state index contributed by atoms with van der Waals surface area (Å²) in [4.78, 5) is 23.7. The molecule has 4 heteroatoms. The van der Waals surface area contributed by atoms with Gasteiger partial charge in [-0.05, 0) is 24.1 Å². The van der Waals surface area contributed by atoms with Gasteiger partial charge in [-0.3, -0.25) is 4.79 Å². The van der Waals surface area contributed by atoms with Gasteiger partial charge in [0.2, 0.25) is 5.91 Å². The number of carbonyl (C=O) groups is 2. The second-order valence-corrected chi connectivity index (χ2v) is 3.85. The fourth-order valence-corrected chi connectivity index (χ4v) is 1.26. The van der Waals surface area contributed by atoms with Gasteiger partial charge >= 0.3 is 5.97 Å². The van der Waals surface area contributed by atoms with E-state index in [2.05, 4.69) is 6.92 Å². The van der Waals surface area contributed by atoms with Crippen LogP contribution in [0.25, 0.3) is 0 Å². The van der Waals surface area contributed by atoms with E-state index in [0.717, 1.165) is 6.42 Å².